The lowest BCUT2D eigenvalue weighted by molar-refractivity contribution is 0.151. The summed E-state index contributed by atoms with van der Waals surface area (Å²) >= 11 is 0. The van der Waals surface area contributed by atoms with Crippen molar-refractivity contribution in [2.24, 2.45) is 5.92 Å². The molecule has 0 aliphatic carbocycles. The SMILES string of the molecule is CC(CNCc1ccc(C(F)F)cc1)CN1CCCC1. The summed E-state index contributed by atoms with van der Waals surface area (Å²) in [4.78, 5) is 2.52. The number of nitrogens with zero attached hydrogens (tertiary/aromatic N) is 1. The van der Waals surface area contributed by atoms with Crippen molar-refractivity contribution in [3.8, 4) is 0 Å². The van der Waals surface area contributed by atoms with Crippen molar-refractivity contribution < 1.29 is 8.78 Å². The van der Waals surface area contributed by atoms with E-state index >= 15 is 0 Å². The van der Waals surface area contributed by atoms with Gasteiger partial charge in [-0.3, -0.25) is 0 Å². The highest BCUT2D eigenvalue weighted by Crippen LogP contribution is 2.18. The number of benzene rings is 1. The van der Waals surface area contributed by atoms with Gasteiger partial charge in [0.1, 0.15) is 0 Å². The Morgan fingerprint density at radius 3 is 2.40 bits per heavy atom. The predicted octanol–water partition coefficient (Wildman–Crippen LogP) is 3.45. The van der Waals surface area contributed by atoms with E-state index < -0.39 is 6.43 Å². The molecule has 2 rings (SSSR count). The summed E-state index contributed by atoms with van der Waals surface area (Å²) < 4.78 is 24.9. The van der Waals surface area contributed by atoms with Gasteiger partial charge in [-0.1, -0.05) is 31.2 Å². The lowest BCUT2D eigenvalue weighted by Gasteiger charge is -2.20. The van der Waals surface area contributed by atoms with Gasteiger partial charge in [-0.05, 0) is 44.0 Å². The monoisotopic (exact) mass is 282 g/mol. The third-order valence-electron chi connectivity index (χ3n) is 3.82. The van der Waals surface area contributed by atoms with E-state index in [9.17, 15) is 8.78 Å². The van der Waals surface area contributed by atoms with Crippen molar-refractivity contribution in [1.29, 1.82) is 0 Å². The van der Waals surface area contributed by atoms with Gasteiger partial charge in [-0.2, -0.15) is 0 Å². The zero-order valence-electron chi connectivity index (χ0n) is 12.1. The molecule has 2 nitrogen and oxygen atoms in total. The van der Waals surface area contributed by atoms with E-state index in [4.69, 9.17) is 0 Å². The molecule has 0 aromatic heterocycles. The molecule has 1 aromatic carbocycles. The molecule has 0 spiro atoms. The highest BCUT2D eigenvalue weighted by Gasteiger charge is 2.14. The first-order chi connectivity index (χ1) is 9.65. The normalized spacial score (nSPS) is 17.8. The molecule has 1 N–H and O–H groups in total. The molecule has 1 atom stereocenters. The number of likely N-dealkylation sites (tertiary alicyclic amines) is 1. The van der Waals surface area contributed by atoms with Crippen LogP contribution in [0.25, 0.3) is 0 Å². The Morgan fingerprint density at radius 2 is 1.80 bits per heavy atom. The molecule has 112 valence electrons. The maximum Gasteiger partial charge on any atom is 0.263 e. The van der Waals surface area contributed by atoms with Crippen molar-refractivity contribution in [2.75, 3.05) is 26.2 Å². The first-order valence-corrected chi connectivity index (χ1v) is 7.45. The van der Waals surface area contributed by atoms with Crippen LogP contribution in [0.5, 0.6) is 0 Å². The Bertz CT molecular complexity index is 386. The third kappa shape index (κ3) is 4.84. The molecule has 0 bridgehead atoms. The first-order valence-electron chi connectivity index (χ1n) is 7.45. The largest absolute Gasteiger partial charge is 0.312 e. The Kier molecular flexibility index (Phi) is 5.92. The summed E-state index contributed by atoms with van der Waals surface area (Å²) in [6.07, 6.45) is 0.283. The van der Waals surface area contributed by atoms with Crippen LogP contribution < -0.4 is 5.32 Å². The number of hydrogen-bond acceptors (Lipinski definition) is 2. The number of rotatable bonds is 7. The molecule has 1 saturated heterocycles. The van der Waals surface area contributed by atoms with Crippen LogP contribution >= 0.6 is 0 Å². The van der Waals surface area contributed by atoms with E-state index in [0.29, 0.717) is 5.92 Å². The second-order valence-electron chi connectivity index (χ2n) is 5.79. The van der Waals surface area contributed by atoms with Crippen molar-refractivity contribution in [3.05, 3.63) is 35.4 Å². The maximum absolute atomic E-state index is 12.4. The summed E-state index contributed by atoms with van der Waals surface area (Å²) in [7, 11) is 0. The summed E-state index contributed by atoms with van der Waals surface area (Å²) in [5.74, 6) is 0.619. The molecule has 4 heteroatoms. The minimum atomic E-state index is -2.38. The Balaban J connectivity index is 1.66. The molecule has 1 aromatic rings. The topological polar surface area (TPSA) is 15.3 Å². The Hall–Kier alpha value is -1.00. The third-order valence-corrected chi connectivity index (χ3v) is 3.82. The predicted molar refractivity (Wildman–Crippen MR) is 77.9 cm³/mol. The van der Waals surface area contributed by atoms with Crippen LogP contribution in [-0.2, 0) is 6.54 Å². The van der Waals surface area contributed by atoms with E-state index in [1.165, 1.54) is 38.1 Å². The molecule has 1 unspecified atom stereocenters. The van der Waals surface area contributed by atoms with Crippen LogP contribution in [-0.4, -0.2) is 31.1 Å². The summed E-state index contributed by atoms with van der Waals surface area (Å²) in [6.45, 7) is 7.59. The quantitative estimate of drug-likeness (QED) is 0.824. The number of hydrogen-bond donors (Lipinski definition) is 1. The standard InChI is InChI=1S/C16H24F2N2/c1-13(12-20-8-2-3-9-20)10-19-11-14-4-6-15(7-5-14)16(17)18/h4-7,13,16,19H,2-3,8-12H2,1H3. The fraction of sp³-hybridized carbons (Fsp3) is 0.625. The Morgan fingerprint density at radius 1 is 1.15 bits per heavy atom. The van der Waals surface area contributed by atoms with Crippen LogP contribution in [0, 0.1) is 5.92 Å². The van der Waals surface area contributed by atoms with Crippen molar-refractivity contribution >= 4 is 0 Å². The number of halogens is 2. The van der Waals surface area contributed by atoms with Crippen LogP contribution in [0.1, 0.15) is 37.3 Å². The molecule has 1 aliphatic rings. The van der Waals surface area contributed by atoms with Gasteiger partial charge >= 0.3 is 0 Å². The van der Waals surface area contributed by atoms with E-state index in [0.717, 1.165) is 25.2 Å². The minimum Gasteiger partial charge on any atom is -0.312 e. The second kappa shape index (κ2) is 7.70. The van der Waals surface area contributed by atoms with E-state index in [1.807, 2.05) is 0 Å². The average molecular weight is 282 g/mol. The molecule has 1 fully saturated rings. The van der Waals surface area contributed by atoms with Crippen molar-refractivity contribution in [1.82, 2.24) is 10.2 Å². The van der Waals surface area contributed by atoms with E-state index in [1.54, 1.807) is 12.1 Å². The summed E-state index contributed by atoms with van der Waals surface area (Å²) in [5, 5.41) is 3.41. The molecular weight excluding hydrogens is 258 g/mol. The van der Waals surface area contributed by atoms with Gasteiger partial charge in [0.2, 0.25) is 0 Å². The molecule has 0 radical (unpaired) electrons. The highest BCUT2D eigenvalue weighted by molar-refractivity contribution is 5.23. The average Bonchev–Trinajstić information content (AvgIpc) is 2.92. The molecular formula is C16H24F2N2. The van der Waals surface area contributed by atoms with Gasteiger partial charge in [0.15, 0.2) is 0 Å². The molecule has 0 amide bonds. The molecule has 20 heavy (non-hydrogen) atoms. The molecule has 1 heterocycles. The molecule has 0 saturated carbocycles. The highest BCUT2D eigenvalue weighted by atomic mass is 19.3. The van der Waals surface area contributed by atoms with Gasteiger partial charge < -0.3 is 10.2 Å². The Labute approximate surface area is 120 Å². The smallest absolute Gasteiger partial charge is 0.263 e. The minimum absolute atomic E-state index is 0.0937. The maximum atomic E-state index is 12.4. The van der Waals surface area contributed by atoms with E-state index in [-0.39, 0.29) is 5.56 Å². The van der Waals surface area contributed by atoms with Gasteiger partial charge in [-0.15, -0.1) is 0 Å². The molecule has 1 aliphatic heterocycles. The van der Waals surface area contributed by atoms with Crippen LogP contribution in [0.15, 0.2) is 24.3 Å². The van der Waals surface area contributed by atoms with Crippen LogP contribution in [0.3, 0.4) is 0 Å². The number of alkyl halides is 2. The zero-order valence-corrected chi connectivity index (χ0v) is 12.1. The zero-order chi connectivity index (χ0) is 14.4. The van der Waals surface area contributed by atoms with Crippen LogP contribution in [0.2, 0.25) is 0 Å². The fourth-order valence-corrected chi connectivity index (χ4v) is 2.71. The van der Waals surface area contributed by atoms with Gasteiger partial charge in [0.05, 0.1) is 0 Å². The lowest BCUT2D eigenvalue weighted by Crippen LogP contribution is -2.31. The fourth-order valence-electron chi connectivity index (χ4n) is 2.71. The summed E-state index contributed by atoms with van der Waals surface area (Å²) in [5.41, 5.74) is 1.15. The van der Waals surface area contributed by atoms with Crippen molar-refractivity contribution in [2.45, 2.75) is 32.7 Å². The first kappa shape index (κ1) is 15.4. The van der Waals surface area contributed by atoms with Crippen molar-refractivity contribution in [3.63, 3.8) is 0 Å². The van der Waals surface area contributed by atoms with Gasteiger partial charge in [0, 0.05) is 18.7 Å². The van der Waals surface area contributed by atoms with Crippen LogP contribution in [0.4, 0.5) is 8.78 Å². The van der Waals surface area contributed by atoms with E-state index in [2.05, 4.69) is 17.1 Å². The lowest BCUT2D eigenvalue weighted by atomic mass is 10.1. The summed E-state index contributed by atoms with van der Waals surface area (Å²) in [6, 6.07) is 6.57. The van der Waals surface area contributed by atoms with Gasteiger partial charge in [0.25, 0.3) is 6.43 Å². The second-order valence-corrected chi connectivity index (χ2v) is 5.79. The van der Waals surface area contributed by atoms with Gasteiger partial charge in [-0.25, -0.2) is 8.78 Å². The number of nitrogens with one attached hydrogen (secondary N) is 1.